The summed E-state index contributed by atoms with van der Waals surface area (Å²) < 4.78 is 11.1. The Morgan fingerprint density at radius 3 is 2.03 bits per heavy atom. The number of hydrogen-bond donors (Lipinski definition) is 1. The average molecular weight is 466 g/mol. The molecule has 0 saturated heterocycles. The van der Waals surface area contributed by atoms with Crippen molar-refractivity contribution in [1.82, 2.24) is 0 Å². The normalized spacial score (nSPS) is 11.4. The van der Waals surface area contributed by atoms with Crippen molar-refractivity contribution in [1.29, 1.82) is 0 Å². The minimum Gasteiger partial charge on any atom is -0.465 e. The Hall–Kier alpha value is -2.43. The lowest BCUT2D eigenvalue weighted by Crippen LogP contribution is -2.22. The molecule has 0 bridgehead atoms. The highest BCUT2D eigenvalue weighted by Gasteiger charge is 2.22. The number of rotatable bonds is 15. The summed E-state index contributed by atoms with van der Waals surface area (Å²) in [4.78, 5) is 11.7. The molecule has 0 fully saturated rings. The Balaban J connectivity index is 1.92. The molecule has 2 rings (SSSR count). The Kier molecular flexibility index (Phi) is 11.5. The maximum absolute atomic E-state index is 11.7. The first-order chi connectivity index (χ1) is 16.3. The lowest BCUT2D eigenvalue weighted by Gasteiger charge is -2.27. The quantitative estimate of drug-likeness (QED) is 0.224. The number of ether oxygens (including phenoxy) is 2. The molecule has 4 heteroatoms. The number of unbranched alkanes of at least 4 members (excludes halogenated alkanes) is 7. The molecule has 0 aliphatic rings. The van der Waals surface area contributed by atoms with Crippen molar-refractivity contribution < 1.29 is 14.3 Å². The molecule has 0 aliphatic carbocycles. The van der Waals surface area contributed by atoms with Crippen LogP contribution in [0, 0.1) is 6.92 Å². The van der Waals surface area contributed by atoms with E-state index in [1.807, 2.05) is 12.1 Å². The molecule has 186 valence electrons. The van der Waals surface area contributed by atoms with Gasteiger partial charge in [-0.2, -0.15) is 0 Å². The van der Waals surface area contributed by atoms with Crippen LogP contribution in [0.4, 0.5) is 0 Å². The van der Waals surface area contributed by atoms with Gasteiger partial charge >= 0.3 is 5.97 Å². The van der Waals surface area contributed by atoms with Gasteiger partial charge in [-0.25, -0.2) is 4.79 Å². The second-order valence-corrected chi connectivity index (χ2v) is 9.55. The van der Waals surface area contributed by atoms with Crippen molar-refractivity contribution in [2.24, 2.45) is 5.73 Å². The van der Waals surface area contributed by atoms with Crippen LogP contribution >= 0.6 is 0 Å². The largest absolute Gasteiger partial charge is 0.465 e. The van der Waals surface area contributed by atoms with E-state index in [4.69, 9.17) is 15.2 Å². The van der Waals surface area contributed by atoms with Crippen LogP contribution in [0.1, 0.15) is 97.8 Å². The van der Waals surface area contributed by atoms with Crippen molar-refractivity contribution in [3.8, 4) is 0 Å². The molecule has 0 heterocycles. The van der Waals surface area contributed by atoms with E-state index in [1.165, 1.54) is 45.6 Å². The van der Waals surface area contributed by atoms with Gasteiger partial charge in [0, 0.05) is 6.61 Å². The summed E-state index contributed by atoms with van der Waals surface area (Å²) in [6.07, 6.45) is 9.91. The smallest absolute Gasteiger partial charge is 0.337 e. The van der Waals surface area contributed by atoms with E-state index in [1.54, 1.807) is 12.1 Å². The summed E-state index contributed by atoms with van der Waals surface area (Å²) in [6, 6.07) is 13.9. The third-order valence-corrected chi connectivity index (χ3v) is 6.47. The summed E-state index contributed by atoms with van der Waals surface area (Å²) in [6.45, 7) is 12.3. The second kappa shape index (κ2) is 14.1. The van der Waals surface area contributed by atoms with Crippen LogP contribution in [0.5, 0.6) is 0 Å². The van der Waals surface area contributed by atoms with Gasteiger partial charge in [-0.1, -0.05) is 69.4 Å². The number of benzene rings is 2. The van der Waals surface area contributed by atoms with E-state index in [-0.39, 0.29) is 11.6 Å². The Labute approximate surface area is 206 Å². The highest BCUT2D eigenvalue weighted by Crippen LogP contribution is 2.31. The van der Waals surface area contributed by atoms with Gasteiger partial charge in [-0.05, 0) is 86.2 Å². The van der Waals surface area contributed by atoms with E-state index in [9.17, 15) is 4.79 Å². The Bertz CT molecular complexity index is 915. The van der Waals surface area contributed by atoms with E-state index < -0.39 is 0 Å². The first kappa shape index (κ1) is 27.8. The van der Waals surface area contributed by atoms with Gasteiger partial charge in [-0.15, -0.1) is 0 Å². The number of aryl methyl sites for hydroxylation is 1. The number of methoxy groups -OCH3 is 1. The average Bonchev–Trinajstić information content (AvgIpc) is 2.84. The standard InChI is InChI=1S/C30H43NO3/c1-23-14-19-27(30(3,4)34-21-13-11-9-7-6-8-10-12-20-31)22-28(23)24(2)25-15-17-26(18-16-25)29(32)33-5/h14-19,22H,2,6-13,20-21,31H2,1,3-5H3. The van der Waals surface area contributed by atoms with Crippen molar-refractivity contribution in [3.63, 3.8) is 0 Å². The third kappa shape index (κ3) is 8.41. The summed E-state index contributed by atoms with van der Waals surface area (Å²) in [5, 5.41) is 0. The SMILES string of the molecule is C=C(c1ccc(C(=O)OC)cc1)c1cc(C(C)(C)OCCCCCCCCCCN)ccc1C. The molecule has 2 N–H and O–H groups in total. The fourth-order valence-electron chi connectivity index (χ4n) is 4.12. The Morgan fingerprint density at radius 2 is 1.44 bits per heavy atom. The zero-order valence-electron chi connectivity index (χ0n) is 21.6. The van der Waals surface area contributed by atoms with Gasteiger partial charge in [0.25, 0.3) is 0 Å². The molecule has 2 aromatic rings. The van der Waals surface area contributed by atoms with Crippen LogP contribution in [-0.2, 0) is 15.1 Å². The number of carbonyl (C=O) groups excluding carboxylic acids is 1. The molecule has 0 atom stereocenters. The summed E-state index contributed by atoms with van der Waals surface area (Å²) in [7, 11) is 1.39. The first-order valence-electron chi connectivity index (χ1n) is 12.6. The van der Waals surface area contributed by atoms with Crippen LogP contribution in [0.15, 0.2) is 49.0 Å². The van der Waals surface area contributed by atoms with Crippen LogP contribution in [0.3, 0.4) is 0 Å². The lowest BCUT2D eigenvalue weighted by atomic mass is 9.89. The fraction of sp³-hybridized carbons (Fsp3) is 0.500. The predicted molar refractivity (Wildman–Crippen MR) is 142 cm³/mol. The molecular weight excluding hydrogens is 422 g/mol. The van der Waals surface area contributed by atoms with Gasteiger partial charge in [0.05, 0.1) is 18.3 Å². The van der Waals surface area contributed by atoms with E-state index in [0.29, 0.717) is 5.56 Å². The van der Waals surface area contributed by atoms with Gasteiger partial charge in [0.1, 0.15) is 0 Å². The Morgan fingerprint density at radius 1 is 0.882 bits per heavy atom. The second-order valence-electron chi connectivity index (χ2n) is 9.55. The van der Waals surface area contributed by atoms with Crippen molar-refractivity contribution in [2.75, 3.05) is 20.3 Å². The molecule has 0 aliphatic heterocycles. The van der Waals surface area contributed by atoms with E-state index in [0.717, 1.165) is 53.8 Å². The molecule has 0 aromatic heterocycles. The van der Waals surface area contributed by atoms with Crippen molar-refractivity contribution >= 4 is 11.5 Å². The van der Waals surface area contributed by atoms with E-state index in [2.05, 4.69) is 45.5 Å². The summed E-state index contributed by atoms with van der Waals surface area (Å²) >= 11 is 0. The molecule has 4 nitrogen and oxygen atoms in total. The van der Waals surface area contributed by atoms with Gasteiger partial charge in [-0.3, -0.25) is 0 Å². The molecule has 0 unspecified atom stereocenters. The summed E-state index contributed by atoms with van der Waals surface area (Å²) in [5.41, 5.74) is 11.0. The minimum absolute atomic E-state index is 0.336. The first-order valence-corrected chi connectivity index (χ1v) is 12.6. The van der Waals surface area contributed by atoms with Gasteiger partial charge in [0.2, 0.25) is 0 Å². The summed E-state index contributed by atoms with van der Waals surface area (Å²) in [5.74, 6) is -0.336. The third-order valence-electron chi connectivity index (χ3n) is 6.47. The molecule has 2 aromatic carbocycles. The predicted octanol–water partition coefficient (Wildman–Crippen LogP) is 7.17. The van der Waals surface area contributed by atoms with Crippen molar-refractivity contribution in [3.05, 3.63) is 76.9 Å². The molecular formula is C30H43NO3. The van der Waals surface area contributed by atoms with Crippen LogP contribution < -0.4 is 5.73 Å². The minimum atomic E-state index is -0.375. The zero-order valence-corrected chi connectivity index (χ0v) is 21.6. The number of carbonyl (C=O) groups is 1. The van der Waals surface area contributed by atoms with Crippen LogP contribution in [0.2, 0.25) is 0 Å². The van der Waals surface area contributed by atoms with Crippen LogP contribution in [-0.4, -0.2) is 26.2 Å². The van der Waals surface area contributed by atoms with Gasteiger partial charge in [0.15, 0.2) is 0 Å². The van der Waals surface area contributed by atoms with Crippen LogP contribution in [0.25, 0.3) is 5.57 Å². The molecule has 34 heavy (non-hydrogen) atoms. The maximum Gasteiger partial charge on any atom is 0.337 e. The van der Waals surface area contributed by atoms with E-state index >= 15 is 0 Å². The number of esters is 1. The number of nitrogens with two attached hydrogens (primary N) is 1. The molecule has 0 saturated carbocycles. The highest BCUT2D eigenvalue weighted by atomic mass is 16.5. The molecule has 0 amide bonds. The monoisotopic (exact) mass is 465 g/mol. The fourth-order valence-corrected chi connectivity index (χ4v) is 4.12. The maximum atomic E-state index is 11.7. The molecule has 0 spiro atoms. The molecule has 0 radical (unpaired) electrons. The number of hydrogen-bond acceptors (Lipinski definition) is 4. The van der Waals surface area contributed by atoms with Crippen molar-refractivity contribution in [2.45, 2.75) is 77.7 Å². The van der Waals surface area contributed by atoms with Gasteiger partial charge < -0.3 is 15.2 Å². The lowest BCUT2D eigenvalue weighted by molar-refractivity contribution is -0.0234. The zero-order chi connectivity index (χ0) is 25.0. The topological polar surface area (TPSA) is 61.5 Å². The highest BCUT2D eigenvalue weighted by molar-refractivity contribution is 5.90.